The van der Waals surface area contributed by atoms with Gasteiger partial charge in [-0.3, -0.25) is 14.4 Å². The van der Waals surface area contributed by atoms with Gasteiger partial charge < -0.3 is 24.3 Å². The summed E-state index contributed by atoms with van der Waals surface area (Å²) in [5.41, 5.74) is 1.36. The summed E-state index contributed by atoms with van der Waals surface area (Å²) in [6.07, 6.45) is 3.68. The van der Waals surface area contributed by atoms with Crippen molar-refractivity contribution in [2.45, 2.75) is 46.1 Å². The fourth-order valence-electron chi connectivity index (χ4n) is 3.88. The number of unbranched alkanes of at least 4 members (excludes halogenated alkanes) is 1. The summed E-state index contributed by atoms with van der Waals surface area (Å²) in [6.45, 7) is 6.89. The molecule has 30 heavy (non-hydrogen) atoms. The first kappa shape index (κ1) is 22.1. The van der Waals surface area contributed by atoms with Crippen LogP contribution in [0.5, 0.6) is 0 Å². The molecule has 1 aromatic rings. The minimum absolute atomic E-state index is 0.0502. The number of hydrogen-bond acceptors (Lipinski definition) is 5. The predicted molar refractivity (Wildman–Crippen MR) is 110 cm³/mol. The standard InChI is InChI=1S/C22H31N3O5/c1-3-4-7-25-16(2)19(22(28)24-8-11-29-12-9-24)13-17(21(25)27)14-20(26)23-15-18-6-5-10-30-18/h5-6,10,17H,3-4,7-9,11-15H2,1-2H3,(H,23,26). The Hall–Kier alpha value is -2.61. The first-order valence-electron chi connectivity index (χ1n) is 10.7. The van der Waals surface area contributed by atoms with E-state index in [9.17, 15) is 14.4 Å². The first-order chi connectivity index (χ1) is 14.5. The average Bonchev–Trinajstić information content (AvgIpc) is 3.28. The van der Waals surface area contributed by atoms with Crippen molar-refractivity contribution in [3.63, 3.8) is 0 Å². The van der Waals surface area contributed by atoms with Crippen LogP contribution in [-0.2, 0) is 25.7 Å². The van der Waals surface area contributed by atoms with Crippen LogP contribution in [0.1, 0.15) is 45.3 Å². The molecule has 1 N–H and O–H groups in total. The Balaban J connectivity index is 1.72. The monoisotopic (exact) mass is 417 g/mol. The number of hydrogen-bond donors (Lipinski definition) is 1. The maximum atomic E-state index is 13.2. The highest BCUT2D eigenvalue weighted by Gasteiger charge is 2.37. The summed E-state index contributed by atoms with van der Waals surface area (Å²) in [5, 5.41) is 2.80. The lowest BCUT2D eigenvalue weighted by molar-refractivity contribution is -0.139. The van der Waals surface area contributed by atoms with Gasteiger partial charge >= 0.3 is 0 Å². The summed E-state index contributed by atoms with van der Waals surface area (Å²) in [6, 6.07) is 3.54. The lowest BCUT2D eigenvalue weighted by Gasteiger charge is -2.36. The second-order valence-electron chi connectivity index (χ2n) is 7.77. The van der Waals surface area contributed by atoms with Crippen molar-refractivity contribution in [3.8, 4) is 0 Å². The van der Waals surface area contributed by atoms with E-state index in [0.717, 1.165) is 18.5 Å². The summed E-state index contributed by atoms with van der Waals surface area (Å²) >= 11 is 0. The molecule has 0 saturated carbocycles. The minimum atomic E-state index is -0.540. The van der Waals surface area contributed by atoms with Gasteiger partial charge in [0.2, 0.25) is 11.8 Å². The third-order valence-electron chi connectivity index (χ3n) is 5.67. The van der Waals surface area contributed by atoms with Crippen LogP contribution in [-0.4, -0.2) is 60.4 Å². The van der Waals surface area contributed by atoms with Crippen molar-refractivity contribution in [1.29, 1.82) is 0 Å². The Bertz CT molecular complexity index is 781. The van der Waals surface area contributed by atoms with Gasteiger partial charge in [0.25, 0.3) is 5.91 Å². The zero-order valence-electron chi connectivity index (χ0n) is 17.8. The first-order valence-corrected chi connectivity index (χ1v) is 10.7. The Morgan fingerprint density at radius 2 is 2.03 bits per heavy atom. The van der Waals surface area contributed by atoms with Gasteiger partial charge in [-0.15, -0.1) is 0 Å². The molecule has 3 heterocycles. The molecule has 0 spiro atoms. The molecule has 8 nitrogen and oxygen atoms in total. The molecular formula is C22H31N3O5. The maximum absolute atomic E-state index is 13.2. The van der Waals surface area contributed by atoms with Crippen molar-refractivity contribution < 1.29 is 23.5 Å². The lowest BCUT2D eigenvalue weighted by atomic mass is 9.88. The third-order valence-corrected chi connectivity index (χ3v) is 5.67. The highest BCUT2D eigenvalue weighted by atomic mass is 16.5. The predicted octanol–water partition coefficient (Wildman–Crippen LogP) is 2.07. The molecule has 2 aliphatic rings. The number of morpholine rings is 1. The zero-order valence-corrected chi connectivity index (χ0v) is 17.8. The van der Waals surface area contributed by atoms with Crippen LogP contribution in [0.3, 0.4) is 0 Å². The van der Waals surface area contributed by atoms with Gasteiger partial charge in [-0.25, -0.2) is 0 Å². The van der Waals surface area contributed by atoms with E-state index in [4.69, 9.17) is 9.15 Å². The van der Waals surface area contributed by atoms with Crippen LogP contribution in [0.15, 0.2) is 34.1 Å². The van der Waals surface area contributed by atoms with Crippen LogP contribution >= 0.6 is 0 Å². The second-order valence-corrected chi connectivity index (χ2v) is 7.77. The van der Waals surface area contributed by atoms with E-state index in [1.165, 1.54) is 0 Å². The van der Waals surface area contributed by atoms with Crippen LogP contribution < -0.4 is 5.32 Å². The molecule has 1 atom stereocenters. The molecule has 0 bridgehead atoms. The number of amides is 3. The minimum Gasteiger partial charge on any atom is -0.467 e. The lowest BCUT2D eigenvalue weighted by Crippen LogP contribution is -2.47. The van der Waals surface area contributed by atoms with E-state index >= 15 is 0 Å². The summed E-state index contributed by atoms with van der Waals surface area (Å²) in [7, 11) is 0. The number of carbonyl (C=O) groups excluding carboxylic acids is 3. The molecule has 164 valence electrons. The molecule has 2 aliphatic heterocycles. The highest BCUT2D eigenvalue weighted by molar-refractivity contribution is 5.98. The number of ether oxygens (including phenoxy) is 1. The van der Waals surface area contributed by atoms with Crippen LogP contribution in [0.25, 0.3) is 0 Å². The topological polar surface area (TPSA) is 92.1 Å². The van der Waals surface area contributed by atoms with Crippen LogP contribution in [0.4, 0.5) is 0 Å². The molecular weight excluding hydrogens is 386 g/mol. The fraction of sp³-hybridized carbons (Fsp3) is 0.591. The van der Waals surface area contributed by atoms with Gasteiger partial charge in [0, 0.05) is 37.3 Å². The smallest absolute Gasteiger partial charge is 0.251 e. The molecule has 3 rings (SSSR count). The highest BCUT2D eigenvalue weighted by Crippen LogP contribution is 2.31. The normalized spacial score (nSPS) is 19.9. The average molecular weight is 418 g/mol. The number of nitrogens with zero attached hydrogens (tertiary/aromatic N) is 2. The quantitative estimate of drug-likeness (QED) is 0.699. The molecule has 8 heteroatoms. The molecule has 1 aromatic heterocycles. The number of rotatable bonds is 8. The number of carbonyl (C=O) groups is 3. The van der Waals surface area contributed by atoms with Crippen molar-refractivity contribution in [2.24, 2.45) is 5.92 Å². The molecule has 0 radical (unpaired) electrons. The summed E-state index contributed by atoms with van der Waals surface area (Å²) < 4.78 is 10.6. The van der Waals surface area contributed by atoms with E-state index in [1.807, 2.05) is 6.92 Å². The third kappa shape index (κ3) is 5.30. The van der Waals surface area contributed by atoms with Gasteiger partial charge in [-0.1, -0.05) is 13.3 Å². The molecule has 0 aromatic carbocycles. The van der Waals surface area contributed by atoms with Crippen LogP contribution in [0, 0.1) is 5.92 Å². The molecule has 1 fully saturated rings. The largest absolute Gasteiger partial charge is 0.467 e. The van der Waals surface area contributed by atoms with E-state index in [2.05, 4.69) is 12.2 Å². The van der Waals surface area contributed by atoms with Crippen molar-refractivity contribution in [3.05, 3.63) is 35.4 Å². The summed E-state index contributed by atoms with van der Waals surface area (Å²) in [5.74, 6) is -0.236. The van der Waals surface area contributed by atoms with Crippen molar-refractivity contribution in [1.82, 2.24) is 15.1 Å². The number of allylic oxidation sites excluding steroid dienone is 1. The van der Waals surface area contributed by atoms with E-state index in [0.29, 0.717) is 44.2 Å². The van der Waals surface area contributed by atoms with E-state index in [-0.39, 0.29) is 37.1 Å². The Morgan fingerprint density at radius 3 is 2.70 bits per heavy atom. The number of furan rings is 1. The van der Waals surface area contributed by atoms with Gasteiger partial charge in [0.1, 0.15) is 5.76 Å². The van der Waals surface area contributed by atoms with Crippen LogP contribution in [0.2, 0.25) is 0 Å². The SMILES string of the molecule is CCCCN1C(=O)C(CC(=O)NCc2ccco2)CC(C(=O)N2CCOCC2)=C1C. The van der Waals surface area contributed by atoms with E-state index in [1.54, 1.807) is 28.2 Å². The van der Waals surface area contributed by atoms with Crippen molar-refractivity contribution in [2.75, 3.05) is 32.8 Å². The van der Waals surface area contributed by atoms with E-state index < -0.39 is 5.92 Å². The summed E-state index contributed by atoms with van der Waals surface area (Å²) in [4.78, 5) is 42.2. The Kier molecular flexibility index (Phi) is 7.68. The maximum Gasteiger partial charge on any atom is 0.251 e. The zero-order chi connectivity index (χ0) is 21.5. The van der Waals surface area contributed by atoms with Gasteiger partial charge in [-0.2, -0.15) is 0 Å². The van der Waals surface area contributed by atoms with Gasteiger partial charge in [0.15, 0.2) is 0 Å². The Labute approximate surface area is 177 Å². The molecule has 1 saturated heterocycles. The van der Waals surface area contributed by atoms with Gasteiger partial charge in [-0.05, 0) is 31.9 Å². The van der Waals surface area contributed by atoms with Crippen molar-refractivity contribution >= 4 is 17.7 Å². The number of nitrogens with one attached hydrogen (secondary N) is 1. The molecule has 0 aliphatic carbocycles. The second kappa shape index (κ2) is 10.4. The Morgan fingerprint density at radius 1 is 1.27 bits per heavy atom. The van der Waals surface area contributed by atoms with Gasteiger partial charge in [0.05, 0.1) is 31.9 Å². The molecule has 3 amide bonds. The fourth-order valence-corrected chi connectivity index (χ4v) is 3.88. The molecule has 1 unspecified atom stereocenters.